The summed E-state index contributed by atoms with van der Waals surface area (Å²) >= 11 is 1.52. The van der Waals surface area contributed by atoms with Crippen LogP contribution in [0.25, 0.3) is 10.8 Å². The summed E-state index contributed by atoms with van der Waals surface area (Å²) in [6.45, 7) is 0. The number of carboxylic acids is 1. The van der Waals surface area contributed by atoms with Gasteiger partial charge in [-0.05, 0) is 16.3 Å². The van der Waals surface area contributed by atoms with Gasteiger partial charge in [0.05, 0.1) is 17.1 Å². The standard InChI is InChI=1S/C16H13NO2S/c18-16(19)9-14-10-20-15(17-14)8-11-5-6-12-3-1-2-4-13(12)7-11/h1-7,10H,8-9H2,(H,18,19). The van der Waals surface area contributed by atoms with Crippen LogP contribution in [0.15, 0.2) is 47.8 Å². The highest BCUT2D eigenvalue weighted by molar-refractivity contribution is 7.09. The molecule has 1 N–H and O–H groups in total. The van der Waals surface area contributed by atoms with Crippen LogP contribution < -0.4 is 0 Å². The number of fused-ring (bicyclic) bond motifs is 1. The summed E-state index contributed by atoms with van der Waals surface area (Å²) in [5.74, 6) is -0.840. The molecule has 0 spiro atoms. The number of hydrogen-bond donors (Lipinski definition) is 1. The van der Waals surface area contributed by atoms with Crippen LogP contribution in [0.1, 0.15) is 16.3 Å². The molecule has 3 rings (SSSR count). The SMILES string of the molecule is O=C(O)Cc1csc(Cc2ccc3ccccc3c2)n1. The third-order valence-electron chi connectivity index (χ3n) is 3.10. The van der Waals surface area contributed by atoms with Gasteiger partial charge in [0.2, 0.25) is 0 Å². The van der Waals surface area contributed by atoms with E-state index in [2.05, 4.69) is 35.3 Å². The third-order valence-corrected chi connectivity index (χ3v) is 4.00. The summed E-state index contributed by atoms with van der Waals surface area (Å²) < 4.78 is 0. The van der Waals surface area contributed by atoms with E-state index < -0.39 is 5.97 Å². The fraction of sp³-hybridized carbons (Fsp3) is 0.125. The number of aromatic nitrogens is 1. The van der Waals surface area contributed by atoms with Gasteiger partial charge in [-0.15, -0.1) is 11.3 Å². The van der Waals surface area contributed by atoms with Crippen LogP contribution in [0.5, 0.6) is 0 Å². The Morgan fingerprint density at radius 1 is 1.15 bits per heavy atom. The molecule has 0 saturated carbocycles. The number of benzene rings is 2. The van der Waals surface area contributed by atoms with Crippen molar-refractivity contribution in [1.29, 1.82) is 0 Å². The maximum absolute atomic E-state index is 10.6. The molecule has 0 aliphatic rings. The van der Waals surface area contributed by atoms with Gasteiger partial charge in [0.25, 0.3) is 0 Å². The van der Waals surface area contributed by atoms with Crippen molar-refractivity contribution in [2.75, 3.05) is 0 Å². The zero-order valence-electron chi connectivity index (χ0n) is 10.7. The molecule has 20 heavy (non-hydrogen) atoms. The second-order valence-electron chi connectivity index (χ2n) is 4.66. The molecule has 0 radical (unpaired) electrons. The zero-order valence-corrected chi connectivity index (χ0v) is 11.6. The average molecular weight is 283 g/mol. The zero-order chi connectivity index (χ0) is 13.9. The lowest BCUT2D eigenvalue weighted by Gasteiger charge is -2.01. The highest BCUT2D eigenvalue weighted by atomic mass is 32.1. The van der Waals surface area contributed by atoms with Crippen molar-refractivity contribution in [2.45, 2.75) is 12.8 Å². The molecule has 0 bridgehead atoms. The Morgan fingerprint density at radius 2 is 1.95 bits per heavy atom. The summed E-state index contributed by atoms with van der Waals surface area (Å²) in [5, 5.41) is 14.0. The van der Waals surface area contributed by atoms with Crippen molar-refractivity contribution in [3.8, 4) is 0 Å². The van der Waals surface area contributed by atoms with E-state index in [4.69, 9.17) is 5.11 Å². The third kappa shape index (κ3) is 2.86. The van der Waals surface area contributed by atoms with E-state index >= 15 is 0 Å². The van der Waals surface area contributed by atoms with Crippen LogP contribution >= 0.6 is 11.3 Å². The Bertz CT molecular complexity index is 764. The fourth-order valence-corrected chi connectivity index (χ4v) is 3.02. The number of aliphatic carboxylic acids is 1. The van der Waals surface area contributed by atoms with Crippen molar-refractivity contribution in [3.63, 3.8) is 0 Å². The van der Waals surface area contributed by atoms with Crippen molar-refractivity contribution in [3.05, 3.63) is 64.1 Å². The molecule has 0 aliphatic carbocycles. The summed E-state index contributed by atoms with van der Waals surface area (Å²) in [6.07, 6.45) is 0.739. The van der Waals surface area contributed by atoms with Gasteiger partial charge in [-0.3, -0.25) is 4.79 Å². The predicted molar refractivity (Wildman–Crippen MR) is 80.2 cm³/mol. The molecule has 3 nitrogen and oxygen atoms in total. The lowest BCUT2D eigenvalue weighted by atomic mass is 10.1. The number of nitrogens with zero attached hydrogens (tertiary/aromatic N) is 1. The molecule has 1 aromatic heterocycles. The largest absolute Gasteiger partial charge is 0.481 e. The number of rotatable bonds is 4. The molecule has 3 aromatic rings. The number of carboxylic acid groups (broad SMARTS) is 1. The maximum atomic E-state index is 10.6. The monoisotopic (exact) mass is 283 g/mol. The molecule has 100 valence electrons. The number of carbonyl (C=O) groups is 1. The van der Waals surface area contributed by atoms with Crippen LogP contribution in [0, 0.1) is 0 Å². The molecular weight excluding hydrogens is 270 g/mol. The lowest BCUT2D eigenvalue weighted by molar-refractivity contribution is -0.136. The molecule has 0 amide bonds. The summed E-state index contributed by atoms with van der Waals surface area (Å²) in [6, 6.07) is 14.6. The van der Waals surface area contributed by atoms with Gasteiger partial charge >= 0.3 is 5.97 Å². The van der Waals surface area contributed by atoms with E-state index in [-0.39, 0.29) is 6.42 Å². The number of thiazole rings is 1. The summed E-state index contributed by atoms with van der Waals surface area (Å²) in [7, 11) is 0. The predicted octanol–water partition coefficient (Wildman–Crippen LogP) is 3.51. The van der Waals surface area contributed by atoms with Gasteiger partial charge < -0.3 is 5.11 Å². The normalized spacial score (nSPS) is 10.8. The van der Waals surface area contributed by atoms with E-state index in [9.17, 15) is 4.79 Å². The highest BCUT2D eigenvalue weighted by Gasteiger charge is 2.07. The van der Waals surface area contributed by atoms with Gasteiger partial charge in [0, 0.05) is 11.8 Å². The van der Waals surface area contributed by atoms with Gasteiger partial charge in [0.1, 0.15) is 0 Å². The van der Waals surface area contributed by atoms with E-state index in [1.54, 1.807) is 0 Å². The van der Waals surface area contributed by atoms with Crippen LogP contribution in [0.2, 0.25) is 0 Å². The van der Waals surface area contributed by atoms with Crippen LogP contribution in [0.4, 0.5) is 0 Å². The van der Waals surface area contributed by atoms with Crippen molar-refractivity contribution >= 4 is 28.1 Å². The van der Waals surface area contributed by atoms with Gasteiger partial charge in [-0.25, -0.2) is 4.98 Å². The molecule has 1 heterocycles. The Labute approximate surface area is 120 Å². The molecule has 0 fully saturated rings. The van der Waals surface area contributed by atoms with E-state index in [1.165, 1.54) is 27.7 Å². The van der Waals surface area contributed by atoms with E-state index in [0.717, 1.165) is 11.4 Å². The van der Waals surface area contributed by atoms with Gasteiger partial charge in [0.15, 0.2) is 0 Å². The molecular formula is C16H13NO2S. The van der Waals surface area contributed by atoms with E-state index in [0.29, 0.717) is 5.69 Å². The van der Waals surface area contributed by atoms with Crippen molar-refractivity contribution in [1.82, 2.24) is 4.98 Å². The second kappa shape index (κ2) is 5.43. The van der Waals surface area contributed by atoms with Crippen LogP contribution in [-0.2, 0) is 17.6 Å². The van der Waals surface area contributed by atoms with Crippen molar-refractivity contribution < 1.29 is 9.90 Å². The quantitative estimate of drug-likeness (QED) is 0.797. The minimum atomic E-state index is -0.840. The summed E-state index contributed by atoms with van der Waals surface area (Å²) in [4.78, 5) is 15.0. The maximum Gasteiger partial charge on any atom is 0.309 e. The Balaban J connectivity index is 1.81. The van der Waals surface area contributed by atoms with Gasteiger partial charge in [-0.1, -0.05) is 42.5 Å². The minimum Gasteiger partial charge on any atom is -0.481 e. The Kier molecular flexibility index (Phi) is 3.48. The van der Waals surface area contributed by atoms with Crippen LogP contribution in [-0.4, -0.2) is 16.1 Å². The molecule has 0 atom stereocenters. The first-order chi connectivity index (χ1) is 9.70. The lowest BCUT2D eigenvalue weighted by Crippen LogP contribution is -2.00. The van der Waals surface area contributed by atoms with E-state index in [1.807, 2.05) is 17.5 Å². The smallest absolute Gasteiger partial charge is 0.309 e. The highest BCUT2D eigenvalue weighted by Crippen LogP contribution is 2.20. The summed E-state index contributed by atoms with van der Waals surface area (Å²) in [5.41, 5.74) is 1.83. The first kappa shape index (κ1) is 12.8. The molecule has 2 aromatic carbocycles. The second-order valence-corrected chi connectivity index (χ2v) is 5.60. The topological polar surface area (TPSA) is 50.2 Å². The molecule has 4 heteroatoms. The molecule has 0 unspecified atom stereocenters. The fourth-order valence-electron chi connectivity index (χ4n) is 2.19. The van der Waals surface area contributed by atoms with Crippen LogP contribution in [0.3, 0.4) is 0 Å². The first-order valence-corrected chi connectivity index (χ1v) is 7.21. The Morgan fingerprint density at radius 3 is 2.75 bits per heavy atom. The minimum absolute atomic E-state index is 0.00573. The average Bonchev–Trinajstić information content (AvgIpc) is 2.85. The first-order valence-electron chi connectivity index (χ1n) is 6.33. The number of hydrogen-bond acceptors (Lipinski definition) is 3. The Hall–Kier alpha value is -2.20. The van der Waals surface area contributed by atoms with Gasteiger partial charge in [-0.2, -0.15) is 0 Å². The van der Waals surface area contributed by atoms with Crippen molar-refractivity contribution in [2.24, 2.45) is 0 Å². The molecule has 0 saturated heterocycles. The molecule has 0 aliphatic heterocycles.